The maximum absolute atomic E-state index is 6.75. The van der Waals surface area contributed by atoms with E-state index in [-0.39, 0.29) is 10.3 Å². The van der Waals surface area contributed by atoms with Crippen LogP contribution in [0.1, 0.15) is 136 Å². The molecule has 164 valence electrons. The van der Waals surface area contributed by atoms with Crippen LogP contribution in [0, 0.1) is 5.41 Å². The van der Waals surface area contributed by atoms with E-state index in [9.17, 15) is 0 Å². The molecule has 0 N–H and O–H groups in total. The summed E-state index contributed by atoms with van der Waals surface area (Å²) < 4.78 is 0. The molecule has 0 aromatic carbocycles. The van der Waals surface area contributed by atoms with E-state index in [0.717, 1.165) is 6.42 Å². The highest BCUT2D eigenvalue weighted by atomic mass is 35.5. The number of hydrogen-bond acceptors (Lipinski definition) is 0. The first-order valence-electron chi connectivity index (χ1n) is 12.6. The van der Waals surface area contributed by atoms with Gasteiger partial charge in [0.25, 0.3) is 0 Å². The van der Waals surface area contributed by atoms with Crippen LogP contribution >= 0.6 is 11.6 Å². The van der Waals surface area contributed by atoms with Crippen LogP contribution in [0.25, 0.3) is 0 Å². The summed E-state index contributed by atoms with van der Waals surface area (Å²) in [5, 5.41) is 0. The van der Waals surface area contributed by atoms with Gasteiger partial charge in [-0.15, -0.1) is 11.6 Å². The summed E-state index contributed by atoms with van der Waals surface area (Å²) in [4.78, 5) is -0.163. The van der Waals surface area contributed by atoms with Crippen LogP contribution in [0.3, 0.4) is 0 Å². The fourth-order valence-electron chi connectivity index (χ4n) is 4.58. The van der Waals surface area contributed by atoms with Gasteiger partial charge in [-0.25, -0.2) is 0 Å². The molecule has 1 atom stereocenters. The second kappa shape index (κ2) is 15.6. The summed E-state index contributed by atoms with van der Waals surface area (Å²) in [6.45, 7) is 6.67. The second-order valence-corrected chi connectivity index (χ2v) is 10.6. The largest absolute Gasteiger partial charge is 0.119 e. The number of unbranched alkanes of at least 4 members (excludes halogenated alkanes) is 15. The van der Waals surface area contributed by atoms with Gasteiger partial charge < -0.3 is 0 Å². The lowest BCUT2D eigenvalue weighted by Gasteiger charge is -2.41. The lowest BCUT2D eigenvalue weighted by Crippen LogP contribution is -2.38. The van der Waals surface area contributed by atoms with E-state index in [4.69, 9.17) is 11.6 Å². The lowest BCUT2D eigenvalue weighted by molar-refractivity contribution is 0.259. The molecule has 0 heterocycles. The van der Waals surface area contributed by atoms with Crippen molar-refractivity contribution in [3.05, 3.63) is 24.3 Å². The SMILES string of the molecule is CCCCCCCCCCCCCCCCCCC1(C(C)(C)Cl)C=CC=CC1. The zero-order valence-electron chi connectivity index (χ0n) is 19.4. The molecule has 1 heteroatoms. The van der Waals surface area contributed by atoms with Gasteiger partial charge in [-0.05, 0) is 26.7 Å². The van der Waals surface area contributed by atoms with Crippen molar-refractivity contribution in [2.24, 2.45) is 5.41 Å². The van der Waals surface area contributed by atoms with Gasteiger partial charge in [0.1, 0.15) is 0 Å². The normalized spacial score (nSPS) is 19.4. The number of allylic oxidation sites excluding steroid dienone is 4. The lowest BCUT2D eigenvalue weighted by atomic mass is 9.69. The van der Waals surface area contributed by atoms with Gasteiger partial charge in [0.2, 0.25) is 0 Å². The van der Waals surface area contributed by atoms with E-state index in [1.807, 2.05) is 0 Å². The van der Waals surface area contributed by atoms with Crippen molar-refractivity contribution in [1.29, 1.82) is 0 Å². The molecule has 0 saturated heterocycles. The van der Waals surface area contributed by atoms with E-state index in [2.05, 4.69) is 45.1 Å². The van der Waals surface area contributed by atoms with Crippen LogP contribution in [0.15, 0.2) is 24.3 Å². The molecule has 0 saturated carbocycles. The molecule has 0 fully saturated rings. The fourth-order valence-corrected chi connectivity index (χ4v) is 4.81. The quantitative estimate of drug-likeness (QED) is 0.156. The minimum absolute atomic E-state index is 0.152. The summed E-state index contributed by atoms with van der Waals surface area (Å²) >= 11 is 6.75. The predicted octanol–water partition coefficient (Wildman–Crippen LogP) is 10.2. The van der Waals surface area contributed by atoms with E-state index >= 15 is 0 Å². The van der Waals surface area contributed by atoms with Gasteiger partial charge in [-0.3, -0.25) is 0 Å². The van der Waals surface area contributed by atoms with Crippen LogP contribution in [0.2, 0.25) is 0 Å². The molecule has 0 aromatic heterocycles. The van der Waals surface area contributed by atoms with Crippen LogP contribution in [-0.2, 0) is 0 Å². The van der Waals surface area contributed by atoms with E-state index < -0.39 is 0 Å². The summed E-state index contributed by atoms with van der Waals surface area (Å²) in [7, 11) is 0. The molecule has 0 nitrogen and oxygen atoms in total. The van der Waals surface area contributed by atoms with Gasteiger partial charge in [0.15, 0.2) is 0 Å². The molecule has 0 radical (unpaired) electrons. The van der Waals surface area contributed by atoms with Crippen LogP contribution in [0.4, 0.5) is 0 Å². The fraction of sp³-hybridized carbons (Fsp3) is 0.852. The molecule has 1 unspecified atom stereocenters. The zero-order valence-corrected chi connectivity index (χ0v) is 20.2. The highest BCUT2D eigenvalue weighted by Gasteiger charge is 2.40. The standard InChI is InChI=1S/C27H49Cl/c1-4-5-6-7-8-9-10-11-12-13-14-15-16-17-18-20-23-27(26(2,3)28)24-21-19-22-25-27/h19,21-22,24H,4-18,20,23,25H2,1-3H3. The van der Waals surface area contributed by atoms with Crippen LogP contribution in [-0.4, -0.2) is 4.87 Å². The molecular weight excluding hydrogens is 360 g/mol. The Bertz CT molecular complexity index is 414. The van der Waals surface area contributed by atoms with E-state index in [1.165, 1.54) is 109 Å². The van der Waals surface area contributed by atoms with Crippen molar-refractivity contribution < 1.29 is 0 Å². The van der Waals surface area contributed by atoms with Crippen molar-refractivity contribution in [3.8, 4) is 0 Å². The number of hydrogen-bond donors (Lipinski definition) is 0. The van der Waals surface area contributed by atoms with Gasteiger partial charge in [0, 0.05) is 10.3 Å². The Balaban J connectivity index is 1.90. The summed E-state index contributed by atoms with van der Waals surface area (Å²) in [5.74, 6) is 0. The van der Waals surface area contributed by atoms with Crippen molar-refractivity contribution in [2.75, 3.05) is 0 Å². The summed E-state index contributed by atoms with van der Waals surface area (Å²) in [6.07, 6.45) is 34.2. The molecule has 0 bridgehead atoms. The molecule has 28 heavy (non-hydrogen) atoms. The Hall–Kier alpha value is -0.230. The molecule has 0 aromatic rings. The first-order chi connectivity index (χ1) is 13.5. The third-order valence-electron chi connectivity index (χ3n) is 6.80. The van der Waals surface area contributed by atoms with Gasteiger partial charge in [-0.1, -0.05) is 134 Å². The average Bonchev–Trinajstić information content (AvgIpc) is 2.67. The molecule has 0 aliphatic heterocycles. The Morgan fingerprint density at radius 3 is 1.46 bits per heavy atom. The molecule has 1 aliphatic rings. The first kappa shape index (κ1) is 25.8. The minimum Gasteiger partial charge on any atom is -0.119 e. The number of rotatable bonds is 18. The van der Waals surface area contributed by atoms with Crippen molar-refractivity contribution >= 4 is 11.6 Å². The third kappa shape index (κ3) is 11.1. The summed E-state index contributed by atoms with van der Waals surface area (Å²) in [6, 6.07) is 0. The second-order valence-electron chi connectivity index (χ2n) is 9.67. The van der Waals surface area contributed by atoms with Crippen molar-refractivity contribution in [2.45, 2.75) is 141 Å². The van der Waals surface area contributed by atoms with Gasteiger partial charge in [0.05, 0.1) is 0 Å². The van der Waals surface area contributed by atoms with E-state index in [0.29, 0.717) is 0 Å². The number of halogens is 1. The van der Waals surface area contributed by atoms with Crippen molar-refractivity contribution in [3.63, 3.8) is 0 Å². The van der Waals surface area contributed by atoms with Crippen LogP contribution in [0.5, 0.6) is 0 Å². The Morgan fingerprint density at radius 2 is 1.11 bits per heavy atom. The maximum atomic E-state index is 6.75. The van der Waals surface area contributed by atoms with Crippen LogP contribution < -0.4 is 0 Å². The Labute approximate surface area is 182 Å². The van der Waals surface area contributed by atoms with E-state index in [1.54, 1.807) is 0 Å². The highest BCUT2D eigenvalue weighted by molar-refractivity contribution is 6.24. The van der Waals surface area contributed by atoms with Crippen molar-refractivity contribution in [1.82, 2.24) is 0 Å². The molecule has 0 amide bonds. The monoisotopic (exact) mass is 408 g/mol. The molecule has 1 aliphatic carbocycles. The first-order valence-corrected chi connectivity index (χ1v) is 12.9. The number of alkyl halides is 1. The smallest absolute Gasteiger partial charge is 0.0484 e. The van der Waals surface area contributed by atoms with Gasteiger partial charge >= 0.3 is 0 Å². The molecular formula is C27H49Cl. The Morgan fingerprint density at radius 1 is 0.679 bits per heavy atom. The topological polar surface area (TPSA) is 0 Å². The average molecular weight is 409 g/mol. The minimum atomic E-state index is -0.163. The molecule has 0 spiro atoms. The highest BCUT2D eigenvalue weighted by Crippen LogP contribution is 2.47. The Kier molecular flexibility index (Phi) is 14.4. The summed E-state index contributed by atoms with van der Waals surface area (Å²) in [5.41, 5.74) is 0.152. The maximum Gasteiger partial charge on any atom is 0.0484 e. The van der Waals surface area contributed by atoms with Gasteiger partial charge in [-0.2, -0.15) is 0 Å². The zero-order chi connectivity index (χ0) is 20.6. The third-order valence-corrected chi connectivity index (χ3v) is 7.18. The molecule has 1 rings (SSSR count). The predicted molar refractivity (Wildman–Crippen MR) is 129 cm³/mol.